The molecule has 8 nitrogen and oxygen atoms in total. The number of carbonyl (C=O) groups is 3. The molecule has 0 bridgehead atoms. The molecule has 1 saturated heterocycles. The fourth-order valence-corrected chi connectivity index (χ4v) is 3.85. The number of hydrogen-bond acceptors (Lipinski definition) is 6. The fraction of sp³-hybridized carbons (Fsp3) is 0.280. The average Bonchev–Trinajstić information content (AvgIpc) is 3.53. The van der Waals surface area contributed by atoms with E-state index in [4.69, 9.17) is 9.15 Å². The number of nitrogens with one attached hydrogen (secondary N) is 1. The van der Waals surface area contributed by atoms with Gasteiger partial charge in [0.15, 0.2) is 5.69 Å². The molecule has 1 aliphatic heterocycles. The first-order valence-electron chi connectivity index (χ1n) is 10.8. The summed E-state index contributed by atoms with van der Waals surface area (Å²) in [7, 11) is 1.32. The first-order valence-corrected chi connectivity index (χ1v) is 10.8. The number of ether oxygens (including phenoxy) is 1. The Bertz CT molecular complexity index is 1120. The first-order chi connectivity index (χ1) is 16.0. The van der Waals surface area contributed by atoms with Crippen molar-refractivity contribution < 1.29 is 23.5 Å². The molecule has 4 rings (SSSR count). The molecule has 2 aromatic carbocycles. The Morgan fingerprint density at radius 3 is 2.58 bits per heavy atom. The Morgan fingerprint density at radius 2 is 1.85 bits per heavy atom. The van der Waals surface area contributed by atoms with Gasteiger partial charge < -0.3 is 19.4 Å². The first kappa shape index (κ1) is 22.3. The predicted octanol–water partition coefficient (Wildman–Crippen LogP) is 2.98. The molecule has 1 aliphatic rings. The molecule has 8 heteroatoms. The van der Waals surface area contributed by atoms with Crippen molar-refractivity contribution in [2.45, 2.75) is 31.8 Å². The lowest BCUT2D eigenvalue weighted by atomic mass is 10.1. The molecule has 1 aromatic heterocycles. The van der Waals surface area contributed by atoms with Gasteiger partial charge in [0.05, 0.1) is 13.5 Å². The van der Waals surface area contributed by atoms with E-state index in [2.05, 4.69) is 10.3 Å². The standard InChI is InChI=1S/C25H25N3O5/c1-32-25(31)21-8-5-13-28(21)24(30)20-16-33-23(27-20)19-11-9-18(10-12-19)15-26-22(29)14-17-6-3-2-4-7-17/h2-4,6-7,9-12,16,21H,5,8,13-15H2,1H3,(H,26,29)/t21-/m0/s1. The number of nitrogens with zero attached hydrogens (tertiary/aromatic N) is 2. The minimum atomic E-state index is -0.584. The van der Waals surface area contributed by atoms with Crippen molar-refractivity contribution in [3.05, 3.63) is 77.7 Å². The predicted molar refractivity (Wildman–Crippen MR) is 120 cm³/mol. The topological polar surface area (TPSA) is 102 Å². The Balaban J connectivity index is 1.35. The SMILES string of the molecule is COC(=O)[C@@H]1CCCN1C(=O)c1coc(-c2ccc(CNC(=O)Cc3ccccc3)cc2)n1. The third-order valence-electron chi connectivity index (χ3n) is 5.61. The van der Waals surface area contributed by atoms with Crippen LogP contribution in [-0.4, -0.2) is 47.4 Å². The molecule has 1 N–H and O–H groups in total. The normalized spacial score (nSPS) is 15.3. The maximum atomic E-state index is 12.8. The Kier molecular flexibility index (Phi) is 6.83. The summed E-state index contributed by atoms with van der Waals surface area (Å²) >= 11 is 0. The summed E-state index contributed by atoms with van der Waals surface area (Å²) < 4.78 is 10.3. The molecule has 3 aromatic rings. The quantitative estimate of drug-likeness (QED) is 0.559. The van der Waals surface area contributed by atoms with Crippen molar-refractivity contribution >= 4 is 17.8 Å². The summed E-state index contributed by atoms with van der Waals surface area (Å²) in [5, 5.41) is 2.91. The van der Waals surface area contributed by atoms with Crippen molar-refractivity contribution in [1.29, 1.82) is 0 Å². The van der Waals surface area contributed by atoms with Gasteiger partial charge in [0.25, 0.3) is 5.91 Å². The summed E-state index contributed by atoms with van der Waals surface area (Å²) in [6.07, 6.45) is 2.95. The van der Waals surface area contributed by atoms with Gasteiger partial charge in [0.2, 0.25) is 11.8 Å². The number of rotatable bonds is 7. The Labute approximate surface area is 191 Å². The zero-order chi connectivity index (χ0) is 23.2. The lowest BCUT2D eigenvalue weighted by Gasteiger charge is -2.21. The molecule has 0 radical (unpaired) electrons. The number of likely N-dealkylation sites (tertiary alicyclic amines) is 1. The van der Waals surface area contributed by atoms with Crippen LogP contribution in [0.2, 0.25) is 0 Å². The number of esters is 1. The van der Waals surface area contributed by atoms with E-state index < -0.39 is 12.0 Å². The summed E-state index contributed by atoms with van der Waals surface area (Å²) in [5.41, 5.74) is 2.75. The molecule has 0 spiro atoms. The van der Waals surface area contributed by atoms with E-state index in [0.29, 0.717) is 37.4 Å². The van der Waals surface area contributed by atoms with Gasteiger partial charge >= 0.3 is 5.97 Å². The highest BCUT2D eigenvalue weighted by atomic mass is 16.5. The second kappa shape index (κ2) is 10.1. The maximum Gasteiger partial charge on any atom is 0.328 e. The van der Waals surface area contributed by atoms with Crippen LogP contribution in [0.5, 0.6) is 0 Å². The molecule has 1 fully saturated rings. The van der Waals surface area contributed by atoms with Crippen LogP contribution in [0.4, 0.5) is 0 Å². The van der Waals surface area contributed by atoms with E-state index in [1.54, 1.807) is 0 Å². The van der Waals surface area contributed by atoms with Gasteiger partial charge in [0.1, 0.15) is 12.3 Å². The molecule has 33 heavy (non-hydrogen) atoms. The van der Waals surface area contributed by atoms with Gasteiger partial charge in [-0.25, -0.2) is 9.78 Å². The maximum absolute atomic E-state index is 12.8. The number of methoxy groups -OCH3 is 1. The summed E-state index contributed by atoms with van der Waals surface area (Å²) in [5.74, 6) is -0.508. The van der Waals surface area contributed by atoms with Crippen LogP contribution in [0.1, 0.15) is 34.5 Å². The van der Waals surface area contributed by atoms with Gasteiger partial charge in [-0.05, 0) is 36.1 Å². The van der Waals surface area contributed by atoms with Crippen molar-refractivity contribution in [1.82, 2.24) is 15.2 Å². The third kappa shape index (κ3) is 5.28. The Hall–Kier alpha value is -3.94. The summed E-state index contributed by atoms with van der Waals surface area (Å²) in [4.78, 5) is 42.7. The van der Waals surface area contributed by atoms with Crippen molar-refractivity contribution in [2.24, 2.45) is 0 Å². The highest BCUT2D eigenvalue weighted by Gasteiger charge is 2.36. The number of amides is 2. The minimum absolute atomic E-state index is 0.0479. The van der Waals surface area contributed by atoms with Crippen LogP contribution in [0.15, 0.2) is 65.3 Å². The highest BCUT2D eigenvalue weighted by molar-refractivity contribution is 5.95. The number of aromatic nitrogens is 1. The molecule has 170 valence electrons. The van der Waals surface area contributed by atoms with E-state index >= 15 is 0 Å². The average molecular weight is 447 g/mol. The van der Waals surface area contributed by atoms with Crippen LogP contribution in [-0.2, 0) is 27.3 Å². The van der Waals surface area contributed by atoms with Crippen LogP contribution in [0.25, 0.3) is 11.5 Å². The summed E-state index contributed by atoms with van der Waals surface area (Å²) in [6.45, 7) is 0.886. The fourth-order valence-electron chi connectivity index (χ4n) is 3.85. The van der Waals surface area contributed by atoms with Crippen LogP contribution in [0, 0.1) is 0 Å². The van der Waals surface area contributed by atoms with E-state index in [-0.39, 0.29) is 17.5 Å². The van der Waals surface area contributed by atoms with Crippen molar-refractivity contribution in [2.75, 3.05) is 13.7 Å². The van der Waals surface area contributed by atoms with E-state index in [0.717, 1.165) is 17.5 Å². The molecule has 2 amide bonds. The lowest BCUT2D eigenvalue weighted by Crippen LogP contribution is -2.41. The largest absolute Gasteiger partial charge is 0.467 e. The number of carbonyl (C=O) groups excluding carboxylic acids is 3. The molecule has 1 atom stereocenters. The lowest BCUT2D eigenvalue weighted by molar-refractivity contribution is -0.145. The smallest absolute Gasteiger partial charge is 0.328 e. The number of benzene rings is 2. The van der Waals surface area contributed by atoms with Gasteiger partial charge in [-0.1, -0.05) is 42.5 Å². The van der Waals surface area contributed by atoms with Gasteiger partial charge in [-0.3, -0.25) is 9.59 Å². The van der Waals surface area contributed by atoms with Crippen molar-refractivity contribution in [3.8, 4) is 11.5 Å². The monoisotopic (exact) mass is 447 g/mol. The Morgan fingerprint density at radius 1 is 1.09 bits per heavy atom. The van der Waals surface area contributed by atoms with Crippen molar-refractivity contribution in [3.63, 3.8) is 0 Å². The van der Waals surface area contributed by atoms with Gasteiger partial charge in [-0.15, -0.1) is 0 Å². The summed E-state index contributed by atoms with van der Waals surface area (Å²) in [6, 6.07) is 16.4. The highest BCUT2D eigenvalue weighted by Crippen LogP contribution is 2.24. The molecule has 0 saturated carbocycles. The number of hydrogen-bond donors (Lipinski definition) is 1. The third-order valence-corrected chi connectivity index (χ3v) is 5.61. The molecule has 2 heterocycles. The molecule has 0 aliphatic carbocycles. The minimum Gasteiger partial charge on any atom is -0.467 e. The van der Waals surface area contributed by atoms with Crippen LogP contribution >= 0.6 is 0 Å². The molecular weight excluding hydrogens is 422 g/mol. The second-order valence-corrected chi connectivity index (χ2v) is 7.85. The van der Waals surface area contributed by atoms with E-state index in [1.807, 2.05) is 54.6 Å². The van der Waals surface area contributed by atoms with Gasteiger partial charge in [-0.2, -0.15) is 0 Å². The number of oxazole rings is 1. The zero-order valence-electron chi connectivity index (χ0n) is 18.3. The second-order valence-electron chi connectivity index (χ2n) is 7.85. The van der Waals surface area contributed by atoms with Crippen LogP contribution in [0.3, 0.4) is 0 Å². The van der Waals surface area contributed by atoms with Gasteiger partial charge in [0, 0.05) is 18.7 Å². The van der Waals surface area contributed by atoms with Crippen LogP contribution < -0.4 is 5.32 Å². The van der Waals surface area contributed by atoms with E-state index in [9.17, 15) is 14.4 Å². The van der Waals surface area contributed by atoms with E-state index in [1.165, 1.54) is 18.3 Å². The molecule has 0 unspecified atom stereocenters. The molecular formula is C25H25N3O5. The zero-order valence-corrected chi connectivity index (χ0v) is 18.3.